The summed E-state index contributed by atoms with van der Waals surface area (Å²) in [5, 5.41) is 1.99. The Morgan fingerprint density at radius 2 is 1.94 bits per heavy atom. The summed E-state index contributed by atoms with van der Waals surface area (Å²) in [5.41, 5.74) is 1.58. The molecule has 6 nitrogen and oxygen atoms in total. The molecule has 0 N–H and O–H groups in total. The number of methoxy groups -OCH3 is 1. The summed E-state index contributed by atoms with van der Waals surface area (Å²) in [5.74, 6) is 1.27. The van der Waals surface area contributed by atoms with Gasteiger partial charge in [0.25, 0.3) is 5.91 Å². The zero-order valence-corrected chi connectivity index (χ0v) is 18.1. The topological polar surface area (TPSA) is 59.1 Å². The number of hydrogen-bond acceptors (Lipinski definition) is 5. The van der Waals surface area contributed by atoms with E-state index < -0.39 is 0 Å². The number of nitrogens with zero attached hydrogens (tertiary/aromatic N) is 2. The first kappa shape index (κ1) is 20.9. The summed E-state index contributed by atoms with van der Waals surface area (Å²) in [4.78, 5) is 29.7. The molecule has 1 fully saturated rings. The van der Waals surface area contributed by atoms with Crippen LogP contribution in [0.4, 0.5) is 11.4 Å². The van der Waals surface area contributed by atoms with Crippen LogP contribution in [0.1, 0.15) is 17.7 Å². The standard InChI is InChI=1S/C24H24N2O4S/c1-29-20-11-9-18(10-12-20)26(16-22-7-4-14-31-22)24(28)17-30-21-6-2-5-19(15-21)25-13-3-8-23(25)27/h2,4-7,9-12,14-15H,3,8,13,16-17H2,1H3. The second-order valence-electron chi connectivity index (χ2n) is 7.19. The molecule has 0 unspecified atom stereocenters. The molecular weight excluding hydrogens is 412 g/mol. The van der Waals surface area contributed by atoms with E-state index >= 15 is 0 Å². The summed E-state index contributed by atoms with van der Waals surface area (Å²) >= 11 is 1.60. The lowest BCUT2D eigenvalue weighted by molar-refractivity contribution is -0.120. The molecule has 3 aromatic rings. The van der Waals surface area contributed by atoms with E-state index in [1.54, 1.807) is 34.3 Å². The van der Waals surface area contributed by atoms with E-state index in [-0.39, 0.29) is 18.4 Å². The van der Waals surface area contributed by atoms with Crippen molar-refractivity contribution in [3.63, 3.8) is 0 Å². The maximum Gasteiger partial charge on any atom is 0.265 e. The van der Waals surface area contributed by atoms with Gasteiger partial charge in [0.15, 0.2) is 6.61 Å². The molecule has 0 aliphatic carbocycles. The van der Waals surface area contributed by atoms with Gasteiger partial charge in [-0.15, -0.1) is 11.3 Å². The molecule has 0 bridgehead atoms. The lowest BCUT2D eigenvalue weighted by Gasteiger charge is -2.23. The van der Waals surface area contributed by atoms with Gasteiger partial charge in [0.05, 0.1) is 13.7 Å². The molecule has 2 aromatic carbocycles. The lowest BCUT2D eigenvalue weighted by atomic mass is 10.2. The Balaban J connectivity index is 1.47. The number of benzene rings is 2. The Morgan fingerprint density at radius 1 is 1.10 bits per heavy atom. The molecule has 31 heavy (non-hydrogen) atoms. The molecular formula is C24H24N2O4S. The molecule has 7 heteroatoms. The Kier molecular flexibility index (Phi) is 6.52. The zero-order chi connectivity index (χ0) is 21.6. The molecule has 0 radical (unpaired) electrons. The van der Waals surface area contributed by atoms with Crippen LogP contribution in [0.3, 0.4) is 0 Å². The molecule has 160 valence electrons. The number of amides is 2. The first-order valence-electron chi connectivity index (χ1n) is 10.1. The lowest BCUT2D eigenvalue weighted by Crippen LogP contribution is -2.34. The molecule has 1 aliphatic heterocycles. The smallest absolute Gasteiger partial charge is 0.265 e. The maximum atomic E-state index is 13.1. The fourth-order valence-corrected chi connectivity index (χ4v) is 4.22. The van der Waals surface area contributed by atoms with Gasteiger partial charge in [-0.05, 0) is 54.3 Å². The van der Waals surface area contributed by atoms with Crippen molar-refractivity contribution < 1.29 is 19.1 Å². The summed E-state index contributed by atoms with van der Waals surface area (Å²) < 4.78 is 11.0. The molecule has 1 aromatic heterocycles. The molecule has 0 saturated carbocycles. The van der Waals surface area contributed by atoms with Gasteiger partial charge >= 0.3 is 0 Å². The Hall–Kier alpha value is -3.32. The number of hydrogen-bond donors (Lipinski definition) is 0. The molecule has 2 amide bonds. The summed E-state index contributed by atoms with van der Waals surface area (Å²) in [6.07, 6.45) is 1.44. The molecule has 4 rings (SSSR count). The Morgan fingerprint density at radius 3 is 2.61 bits per heavy atom. The second kappa shape index (κ2) is 9.66. The van der Waals surface area contributed by atoms with Crippen LogP contribution in [0.2, 0.25) is 0 Å². The molecule has 0 atom stereocenters. The number of ether oxygens (including phenoxy) is 2. The van der Waals surface area contributed by atoms with Crippen molar-refractivity contribution >= 4 is 34.5 Å². The van der Waals surface area contributed by atoms with Crippen LogP contribution in [0.25, 0.3) is 0 Å². The summed E-state index contributed by atoms with van der Waals surface area (Å²) in [6, 6.07) is 18.7. The van der Waals surface area contributed by atoms with E-state index in [4.69, 9.17) is 9.47 Å². The minimum Gasteiger partial charge on any atom is -0.497 e. The van der Waals surface area contributed by atoms with Crippen molar-refractivity contribution in [3.05, 3.63) is 70.9 Å². The van der Waals surface area contributed by atoms with Crippen LogP contribution in [-0.4, -0.2) is 32.1 Å². The van der Waals surface area contributed by atoms with E-state index in [1.807, 2.05) is 60.0 Å². The highest BCUT2D eigenvalue weighted by Crippen LogP contribution is 2.26. The molecule has 1 saturated heterocycles. The number of carbonyl (C=O) groups is 2. The van der Waals surface area contributed by atoms with Gasteiger partial charge in [0.1, 0.15) is 11.5 Å². The predicted molar refractivity (Wildman–Crippen MR) is 122 cm³/mol. The van der Waals surface area contributed by atoms with Crippen molar-refractivity contribution in [1.82, 2.24) is 0 Å². The monoisotopic (exact) mass is 436 g/mol. The van der Waals surface area contributed by atoms with Gasteiger partial charge in [-0.25, -0.2) is 0 Å². The first-order valence-corrected chi connectivity index (χ1v) is 11.0. The van der Waals surface area contributed by atoms with Crippen LogP contribution in [0.5, 0.6) is 11.5 Å². The van der Waals surface area contributed by atoms with Crippen molar-refractivity contribution in [2.45, 2.75) is 19.4 Å². The highest BCUT2D eigenvalue weighted by Gasteiger charge is 2.22. The fourth-order valence-electron chi connectivity index (χ4n) is 3.53. The van der Waals surface area contributed by atoms with Gasteiger partial charge in [-0.2, -0.15) is 0 Å². The number of anilines is 2. The van der Waals surface area contributed by atoms with Crippen LogP contribution in [0, 0.1) is 0 Å². The van der Waals surface area contributed by atoms with Crippen LogP contribution in [-0.2, 0) is 16.1 Å². The van der Waals surface area contributed by atoms with Gasteiger partial charge in [0, 0.05) is 35.3 Å². The van der Waals surface area contributed by atoms with Crippen molar-refractivity contribution in [3.8, 4) is 11.5 Å². The highest BCUT2D eigenvalue weighted by molar-refractivity contribution is 7.09. The Bertz CT molecular complexity index is 1030. The van der Waals surface area contributed by atoms with E-state index in [2.05, 4.69) is 0 Å². The average molecular weight is 437 g/mol. The summed E-state index contributed by atoms with van der Waals surface area (Å²) in [6.45, 7) is 1.08. The number of carbonyl (C=O) groups excluding carboxylic acids is 2. The van der Waals surface area contributed by atoms with Gasteiger partial charge < -0.3 is 19.3 Å². The summed E-state index contributed by atoms with van der Waals surface area (Å²) in [7, 11) is 1.61. The SMILES string of the molecule is COc1ccc(N(Cc2cccs2)C(=O)COc2cccc(N3CCCC3=O)c2)cc1. The third-order valence-electron chi connectivity index (χ3n) is 5.14. The number of rotatable bonds is 8. The highest BCUT2D eigenvalue weighted by atomic mass is 32.1. The van der Waals surface area contributed by atoms with Gasteiger partial charge in [-0.3, -0.25) is 9.59 Å². The van der Waals surface area contributed by atoms with Gasteiger partial charge in [-0.1, -0.05) is 12.1 Å². The van der Waals surface area contributed by atoms with Crippen molar-refractivity contribution in [1.29, 1.82) is 0 Å². The van der Waals surface area contributed by atoms with Crippen molar-refractivity contribution in [2.24, 2.45) is 0 Å². The quantitative estimate of drug-likeness (QED) is 0.522. The minimum atomic E-state index is -0.152. The fraction of sp³-hybridized carbons (Fsp3) is 0.250. The second-order valence-corrected chi connectivity index (χ2v) is 8.22. The third kappa shape index (κ3) is 5.06. The Labute approximate surface area is 185 Å². The van der Waals surface area contributed by atoms with E-state index in [9.17, 15) is 9.59 Å². The molecule has 1 aliphatic rings. The normalized spacial score (nSPS) is 13.3. The van der Waals surface area contributed by atoms with E-state index in [0.717, 1.165) is 28.4 Å². The van der Waals surface area contributed by atoms with E-state index in [0.29, 0.717) is 25.3 Å². The van der Waals surface area contributed by atoms with Crippen LogP contribution < -0.4 is 19.3 Å². The van der Waals surface area contributed by atoms with E-state index in [1.165, 1.54) is 0 Å². The van der Waals surface area contributed by atoms with Gasteiger partial charge in [0.2, 0.25) is 5.91 Å². The zero-order valence-electron chi connectivity index (χ0n) is 17.3. The maximum absolute atomic E-state index is 13.1. The minimum absolute atomic E-state index is 0.102. The van der Waals surface area contributed by atoms with Crippen LogP contribution >= 0.6 is 11.3 Å². The predicted octanol–water partition coefficient (Wildman–Crippen LogP) is 4.50. The average Bonchev–Trinajstić information content (AvgIpc) is 3.48. The molecule has 2 heterocycles. The number of thiophene rings is 1. The molecule has 0 spiro atoms. The largest absolute Gasteiger partial charge is 0.497 e. The van der Waals surface area contributed by atoms with Crippen LogP contribution in [0.15, 0.2) is 66.0 Å². The third-order valence-corrected chi connectivity index (χ3v) is 6.01. The van der Waals surface area contributed by atoms with Crippen molar-refractivity contribution in [2.75, 3.05) is 30.1 Å². The first-order chi connectivity index (χ1) is 15.1.